The maximum atomic E-state index is 12.0. The van der Waals surface area contributed by atoms with Crippen LogP contribution in [0.4, 0.5) is 0 Å². The third-order valence-corrected chi connectivity index (χ3v) is 3.07. The number of carbonyl (C=O) groups excluding carboxylic acids is 1. The molecule has 106 valence electrons. The van der Waals surface area contributed by atoms with E-state index in [1.54, 1.807) is 24.3 Å². The summed E-state index contributed by atoms with van der Waals surface area (Å²) in [5.41, 5.74) is 1.30. The largest absolute Gasteiger partial charge is 0.394 e. The number of aliphatic hydroxyl groups excluding tert-OH is 1. The van der Waals surface area contributed by atoms with Crippen LogP contribution in [0.5, 0.6) is 0 Å². The predicted molar refractivity (Wildman–Crippen MR) is 72.8 cm³/mol. The van der Waals surface area contributed by atoms with Gasteiger partial charge in [-0.3, -0.25) is 4.79 Å². The average Bonchev–Trinajstić information content (AvgIpc) is 2.98. The van der Waals surface area contributed by atoms with Gasteiger partial charge in [0, 0.05) is 11.1 Å². The molecule has 1 heterocycles. The molecule has 0 aliphatic heterocycles. The normalized spacial score (nSPS) is 12.4. The second-order valence-corrected chi connectivity index (χ2v) is 4.82. The molecule has 1 aromatic heterocycles. The van der Waals surface area contributed by atoms with Crippen LogP contribution >= 0.6 is 0 Å². The Morgan fingerprint density at radius 3 is 2.55 bits per heavy atom. The number of amides is 1. The van der Waals surface area contributed by atoms with Crippen LogP contribution in [-0.2, 0) is 0 Å². The summed E-state index contributed by atoms with van der Waals surface area (Å²) in [7, 11) is 0. The minimum Gasteiger partial charge on any atom is -0.394 e. The Morgan fingerprint density at radius 2 is 2.05 bits per heavy atom. The van der Waals surface area contributed by atoms with E-state index in [9.17, 15) is 9.90 Å². The van der Waals surface area contributed by atoms with E-state index in [1.165, 1.54) is 0 Å². The third-order valence-electron chi connectivity index (χ3n) is 3.07. The predicted octanol–water partition coefficient (Wildman–Crippen LogP) is 0.613. The number of tetrazole rings is 1. The molecule has 3 N–H and O–H groups in total. The van der Waals surface area contributed by atoms with Crippen molar-refractivity contribution in [3.8, 4) is 11.4 Å². The molecular formula is C13H17N5O2. The first-order valence-corrected chi connectivity index (χ1v) is 6.37. The highest BCUT2D eigenvalue weighted by atomic mass is 16.3. The van der Waals surface area contributed by atoms with E-state index in [-0.39, 0.29) is 24.5 Å². The van der Waals surface area contributed by atoms with E-state index < -0.39 is 0 Å². The fraction of sp³-hybridized carbons (Fsp3) is 0.385. The molecule has 0 radical (unpaired) electrons. The topological polar surface area (TPSA) is 104 Å². The van der Waals surface area contributed by atoms with Gasteiger partial charge in [0.1, 0.15) is 0 Å². The van der Waals surface area contributed by atoms with Crippen LogP contribution in [0.15, 0.2) is 24.3 Å². The molecule has 7 heteroatoms. The van der Waals surface area contributed by atoms with Gasteiger partial charge in [-0.05, 0) is 23.3 Å². The SMILES string of the molecule is CC(C)[C@@H](CO)NC(=O)c1ccc(-c2nn[nH]n2)cc1. The summed E-state index contributed by atoms with van der Waals surface area (Å²) in [5, 5.41) is 25.6. The number of carbonyl (C=O) groups is 1. The Hall–Kier alpha value is -2.28. The van der Waals surface area contributed by atoms with Gasteiger partial charge in [-0.2, -0.15) is 5.21 Å². The Morgan fingerprint density at radius 1 is 1.35 bits per heavy atom. The van der Waals surface area contributed by atoms with Crippen LogP contribution in [0.2, 0.25) is 0 Å². The second kappa shape index (κ2) is 6.25. The zero-order chi connectivity index (χ0) is 14.5. The van der Waals surface area contributed by atoms with E-state index in [4.69, 9.17) is 0 Å². The highest BCUT2D eigenvalue weighted by molar-refractivity contribution is 5.94. The second-order valence-electron chi connectivity index (χ2n) is 4.82. The lowest BCUT2D eigenvalue weighted by Gasteiger charge is -2.19. The van der Waals surface area contributed by atoms with E-state index in [1.807, 2.05) is 13.8 Å². The number of hydrogen-bond donors (Lipinski definition) is 3. The van der Waals surface area contributed by atoms with Crippen molar-refractivity contribution in [2.45, 2.75) is 19.9 Å². The van der Waals surface area contributed by atoms with Crippen molar-refractivity contribution < 1.29 is 9.90 Å². The molecule has 1 atom stereocenters. The van der Waals surface area contributed by atoms with Gasteiger partial charge >= 0.3 is 0 Å². The van der Waals surface area contributed by atoms with Crippen molar-refractivity contribution in [1.82, 2.24) is 25.9 Å². The molecule has 0 aliphatic carbocycles. The van der Waals surface area contributed by atoms with Crippen LogP contribution in [0, 0.1) is 5.92 Å². The lowest BCUT2D eigenvalue weighted by atomic mass is 10.0. The number of hydrogen-bond acceptors (Lipinski definition) is 5. The number of nitrogens with zero attached hydrogens (tertiary/aromatic N) is 3. The third kappa shape index (κ3) is 3.18. The quantitative estimate of drug-likeness (QED) is 0.742. The van der Waals surface area contributed by atoms with Crippen LogP contribution in [0.1, 0.15) is 24.2 Å². The average molecular weight is 275 g/mol. The molecule has 0 fully saturated rings. The van der Waals surface area contributed by atoms with Crippen molar-refractivity contribution in [3.05, 3.63) is 29.8 Å². The van der Waals surface area contributed by atoms with Gasteiger partial charge < -0.3 is 10.4 Å². The van der Waals surface area contributed by atoms with Gasteiger partial charge in [0.05, 0.1) is 12.6 Å². The molecule has 7 nitrogen and oxygen atoms in total. The Labute approximate surface area is 116 Å². The highest BCUT2D eigenvalue weighted by Gasteiger charge is 2.16. The lowest BCUT2D eigenvalue weighted by Crippen LogP contribution is -2.41. The number of rotatable bonds is 5. The van der Waals surface area contributed by atoms with Crippen molar-refractivity contribution in [3.63, 3.8) is 0 Å². The first-order valence-electron chi connectivity index (χ1n) is 6.37. The van der Waals surface area contributed by atoms with Gasteiger partial charge in [-0.1, -0.05) is 26.0 Å². The first-order chi connectivity index (χ1) is 9.61. The first kappa shape index (κ1) is 14.1. The number of benzene rings is 1. The summed E-state index contributed by atoms with van der Waals surface area (Å²) in [5.74, 6) is 0.437. The molecule has 0 saturated carbocycles. The molecule has 2 aromatic rings. The summed E-state index contributed by atoms with van der Waals surface area (Å²) in [6, 6.07) is 6.64. The standard InChI is InChI=1S/C13H17N5O2/c1-8(2)11(7-19)14-13(20)10-5-3-9(4-6-10)12-15-17-18-16-12/h3-6,8,11,19H,7H2,1-2H3,(H,14,20)(H,15,16,17,18)/t11-/m1/s1. The van der Waals surface area contributed by atoms with Crippen LogP contribution in [0.25, 0.3) is 11.4 Å². The molecule has 0 bridgehead atoms. The van der Waals surface area contributed by atoms with E-state index in [2.05, 4.69) is 25.9 Å². The number of nitrogens with one attached hydrogen (secondary N) is 2. The van der Waals surface area contributed by atoms with E-state index in [0.29, 0.717) is 11.4 Å². The highest BCUT2D eigenvalue weighted by Crippen LogP contribution is 2.14. The molecule has 0 unspecified atom stereocenters. The van der Waals surface area contributed by atoms with Gasteiger partial charge in [0.15, 0.2) is 0 Å². The summed E-state index contributed by atoms with van der Waals surface area (Å²) in [6.07, 6.45) is 0. The van der Waals surface area contributed by atoms with Crippen molar-refractivity contribution in [2.75, 3.05) is 6.61 Å². The van der Waals surface area contributed by atoms with E-state index in [0.717, 1.165) is 5.56 Å². The molecule has 1 amide bonds. The summed E-state index contributed by atoms with van der Waals surface area (Å²) in [4.78, 5) is 12.0. The molecule has 1 aromatic carbocycles. The van der Waals surface area contributed by atoms with Crippen molar-refractivity contribution >= 4 is 5.91 Å². The number of aromatic nitrogens is 4. The van der Waals surface area contributed by atoms with E-state index >= 15 is 0 Å². The summed E-state index contributed by atoms with van der Waals surface area (Å²) < 4.78 is 0. The minimum absolute atomic E-state index is 0.0790. The van der Waals surface area contributed by atoms with Crippen LogP contribution < -0.4 is 5.32 Å². The van der Waals surface area contributed by atoms with Crippen molar-refractivity contribution in [2.24, 2.45) is 5.92 Å². The molecule has 0 spiro atoms. The zero-order valence-corrected chi connectivity index (χ0v) is 11.4. The Bertz CT molecular complexity index is 551. The molecule has 0 saturated heterocycles. The van der Waals surface area contributed by atoms with Crippen molar-refractivity contribution in [1.29, 1.82) is 0 Å². The number of H-pyrrole nitrogens is 1. The zero-order valence-electron chi connectivity index (χ0n) is 11.4. The van der Waals surface area contributed by atoms with Gasteiger partial charge in [0.25, 0.3) is 5.91 Å². The fourth-order valence-electron chi connectivity index (χ4n) is 1.73. The molecule has 20 heavy (non-hydrogen) atoms. The monoisotopic (exact) mass is 275 g/mol. The Kier molecular flexibility index (Phi) is 4.41. The maximum Gasteiger partial charge on any atom is 0.251 e. The number of aliphatic hydroxyl groups is 1. The lowest BCUT2D eigenvalue weighted by molar-refractivity contribution is 0.0897. The maximum absolute atomic E-state index is 12.0. The molecular weight excluding hydrogens is 258 g/mol. The Balaban J connectivity index is 2.08. The van der Waals surface area contributed by atoms with Crippen LogP contribution in [-0.4, -0.2) is 44.3 Å². The molecule has 0 aliphatic rings. The van der Waals surface area contributed by atoms with Gasteiger partial charge in [-0.15, -0.1) is 10.2 Å². The minimum atomic E-state index is -0.251. The summed E-state index contributed by atoms with van der Waals surface area (Å²) >= 11 is 0. The molecule has 2 rings (SSSR count). The fourth-order valence-corrected chi connectivity index (χ4v) is 1.73. The smallest absolute Gasteiger partial charge is 0.251 e. The van der Waals surface area contributed by atoms with Gasteiger partial charge in [0.2, 0.25) is 5.82 Å². The van der Waals surface area contributed by atoms with Gasteiger partial charge in [-0.25, -0.2) is 0 Å². The number of aromatic amines is 1. The summed E-state index contributed by atoms with van der Waals surface area (Å²) in [6.45, 7) is 3.81. The van der Waals surface area contributed by atoms with Crippen LogP contribution in [0.3, 0.4) is 0 Å².